The Morgan fingerprint density at radius 3 is 2.92 bits per heavy atom. The lowest BCUT2D eigenvalue weighted by Crippen LogP contribution is -1.96. The quantitative estimate of drug-likeness (QED) is 0.533. The third kappa shape index (κ3) is 2.56. The Balaban J connectivity index is 1.72. The molecule has 0 radical (unpaired) electrons. The third-order valence-electron chi connectivity index (χ3n) is 3.88. The minimum Gasteiger partial charge on any atom is -0.497 e. The van der Waals surface area contributed by atoms with Gasteiger partial charge in [-0.05, 0) is 29.8 Å². The van der Waals surface area contributed by atoms with Crippen molar-refractivity contribution in [3.63, 3.8) is 0 Å². The SMILES string of the molecule is COc1ccc2c(c1)c1nnc(SCc3cccnc3)nc1n2C. The zero-order chi connectivity index (χ0) is 16.5. The van der Waals surface area contributed by atoms with Crippen LogP contribution in [0, 0.1) is 0 Å². The van der Waals surface area contributed by atoms with Crippen molar-refractivity contribution in [2.45, 2.75) is 10.9 Å². The van der Waals surface area contributed by atoms with Crippen LogP contribution >= 0.6 is 11.8 Å². The molecule has 7 heteroatoms. The molecule has 0 unspecified atom stereocenters. The number of fused-ring (bicyclic) bond motifs is 3. The predicted molar refractivity (Wildman–Crippen MR) is 94.2 cm³/mol. The molecule has 4 aromatic rings. The second-order valence-corrected chi connectivity index (χ2v) is 6.30. The molecular formula is C17H15N5OS. The summed E-state index contributed by atoms with van der Waals surface area (Å²) in [5, 5.41) is 10.3. The van der Waals surface area contributed by atoms with E-state index in [0.717, 1.165) is 39.1 Å². The van der Waals surface area contributed by atoms with E-state index in [1.807, 2.05) is 48.1 Å². The lowest BCUT2D eigenvalue weighted by Gasteiger charge is -2.01. The first-order valence-electron chi connectivity index (χ1n) is 7.45. The Morgan fingerprint density at radius 2 is 2.12 bits per heavy atom. The van der Waals surface area contributed by atoms with Crippen LogP contribution in [0.5, 0.6) is 5.75 Å². The second kappa shape index (κ2) is 6.09. The number of ether oxygens (including phenoxy) is 1. The molecule has 0 N–H and O–H groups in total. The van der Waals surface area contributed by atoms with Crippen molar-refractivity contribution in [1.82, 2.24) is 24.7 Å². The van der Waals surface area contributed by atoms with Crippen molar-refractivity contribution in [2.75, 3.05) is 7.11 Å². The van der Waals surface area contributed by atoms with E-state index in [0.29, 0.717) is 5.16 Å². The molecule has 0 spiro atoms. The summed E-state index contributed by atoms with van der Waals surface area (Å²) in [6.45, 7) is 0. The number of hydrogen-bond donors (Lipinski definition) is 0. The van der Waals surface area contributed by atoms with E-state index < -0.39 is 0 Å². The van der Waals surface area contributed by atoms with Gasteiger partial charge in [-0.2, -0.15) is 0 Å². The number of pyridine rings is 1. The molecule has 0 bridgehead atoms. The van der Waals surface area contributed by atoms with Gasteiger partial charge in [-0.3, -0.25) is 4.98 Å². The van der Waals surface area contributed by atoms with Crippen molar-refractivity contribution in [3.05, 3.63) is 48.3 Å². The van der Waals surface area contributed by atoms with Gasteiger partial charge >= 0.3 is 0 Å². The Bertz CT molecular complexity index is 1020. The van der Waals surface area contributed by atoms with Crippen LogP contribution in [0.4, 0.5) is 0 Å². The number of aryl methyl sites for hydroxylation is 1. The van der Waals surface area contributed by atoms with Crippen molar-refractivity contribution in [2.24, 2.45) is 7.05 Å². The average molecular weight is 337 g/mol. The minimum absolute atomic E-state index is 0.657. The second-order valence-electron chi connectivity index (χ2n) is 5.36. The Labute approximate surface area is 142 Å². The number of nitrogens with zero attached hydrogens (tertiary/aromatic N) is 5. The van der Waals surface area contributed by atoms with Crippen molar-refractivity contribution < 1.29 is 4.74 Å². The monoisotopic (exact) mass is 337 g/mol. The topological polar surface area (TPSA) is 65.7 Å². The van der Waals surface area contributed by atoms with Gasteiger partial charge in [0, 0.05) is 30.6 Å². The van der Waals surface area contributed by atoms with Gasteiger partial charge in [0.25, 0.3) is 0 Å². The fourth-order valence-electron chi connectivity index (χ4n) is 2.64. The zero-order valence-electron chi connectivity index (χ0n) is 13.3. The Hall–Kier alpha value is -2.67. The molecule has 0 aliphatic carbocycles. The highest BCUT2D eigenvalue weighted by Gasteiger charge is 2.13. The number of thioether (sulfide) groups is 1. The van der Waals surface area contributed by atoms with Crippen LogP contribution < -0.4 is 4.74 Å². The number of hydrogen-bond acceptors (Lipinski definition) is 6. The number of benzene rings is 1. The van der Waals surface area contributed by atoms with E-state index in [4.69, 9.17) is 4.74 Å². The van der Waals surface area contributed by atoms with E-state index in [1.54, 1.807) is 25.1 Å². The molecule has 0 atom stereocenters. The van der Waals surface area contributed by atoms with Gasteiger partial charge in [0.05, 0.1) is 12.6 Å². The van der Waals surface area contributed by atoms with E-state index >= 15 is 0 Å². The molecular weight excluding hydrogens is 322 g/mol. The third-order valence-corrected chi connectivity index (χ3v) is 4.79. The summed E-state index contributed by atoms with van der Waals surface area (Å²) < 4.78 is 7.34. The maximum atomic E-state index is 5.30. The lowest BCUT2D eigenvalue weighted by atomic mass is 10.2. The summed E-state index contributed by atoms with van der Waals surface area (Å²) in [5.74, 6) is 1.56. The summed E-state index contributed by atoms with van der Waals surface area (Å²) in [7, 11) is 3.64. The van der Waals surface area contributed by atoms with Crippen LogP contribution in [0.2, 0.25) is 0 Å². The van der Waals surface area contributed by atoms with Crippen LogP contribution in [-0.2, 0) is 12.8 Å². The highest BCUT2D eigenvalue weighted by Crippen LogP contribution is 2.29. The lowest BCUT2D eigenvalue weighted by molar-refractivity contribution is 0.415. The maximum Gasteiger partial charge on any atom is 0.211 e. The molecule has 1 aromatic carbocycles. The summed E-state index contributed by atoms with van der Waals surface area (Å²) in [5.41, 5.74) is 3.80. The van der Waals surface area contributed by atoms with Gasteiger partial charge in [0.2, 0.25) is 5.16 Å². The van der Waals surface area contributed by atoms with Gasteiger partial charge < -0.3 is 9.30 Å². The van der Waals surface area contributed by atoms with Gasteiger partial charge in [0.15, 0.2) is 5.65 Å². The van der Waals surface area contributed by atoms with Crippen LogP contribution in [0.25, 0.3) is 22.1 Å². The van der Waals surface area contributed by atoms with Crippen molar-refractivity contribution in [1.29, 1.82) is 0 Å². The Kier molecular flexibility index (Phi) is 3.78. The first-order valence-corrected chi connectivity index (χ1v) is 8.43. The summed E-state index contributed by atoms with van der Waals surface area (Å²) >= 11 is 1.55. The minimum atomic E-state index is 0.657. The van der Waals surface area contributed by atoms with E-state index in [-0.39, 0.29) is 0 Å². The zero-order valence-corrected chi connectivity index (χ0v) is 14.1. The molecule has 3 aromatic heterocycles. The molecule has 0 amide bonds. The molecule has 24 heavy (non-hydrogen) atoms. The predicted octanol–water partition coefficient (Wildman–Crippen LogP) is 3.21. The van der Waals surface area contributed by atoms with Crippen LogP contribution in [0.3, 0.4) is 0 Å². The first-order chi connectivity index (χ1) is 11.8. The van der Waals surface area contributed by atoms with Crippen molar-refractivity contribution in [3.8, 4) is 5.75 Å². The molecule has 120 valence electrons. The summed E-state index contributed by atoms with van der Waals surface area (Å²) in [6.07, 6.45) is 3.62. The maximum absolute atomic E-state index is 5.30. The van der Waals surface area contributed by atoms with Crippen molar-refractivity contribution >= 4 is 33.8 Å². The fraction of sp³-hybridized carbons (Fsp3) is 0.176. The fourth-order valence-corrected chi connectivity index (χ4v) is 3.36. The van der Waals surface area contributed by atoms with E-state index in [9.17, 15) is 0 Å². The first kappa shape index (κ1) is 14.9. The molecule has 0 saturated carbocycles. The normalized spacial score (nSPS) is 11.2. The van der Waals surface area contributed by atoms with Crippen LogP contribution in [0.15, 0.2) is 47.9 Å². The molecule has 0 saturated heterocycles. The summed E-state index contributed by atoms with van der Waals surface area (Å²) in [6, 6.07) is 9.88. The van der Waals surface area contributed by atoms with Crippen LogP contribution in [0.1, 0.15) is 5.56 Å². The number of methoxy groups -OCH3 is 1. The van der Waals surface area contributed by atoms with Crippen LogP contribution in [-0.4, -0.2) is 31.8 Å². The molecule has 0 fully saturated rings. The van der Waals surface area contributed by atoms with E-state index in [2.05, 4.69) is 20.2 Å². The molecule has 6 nitrogen and oxygen atoms in total. The molecule has 3 heterocycles. The van der Waals surface area contributed by atoms with Gasteiger partial charge in [-0.1, -0.05) is 17.8 Å². The van der Waals surface area contributed by atoms with Gasteiger partial charge in [-0.25, -0.2) is 4.98 Å². The number of aromatic nitrogens is 5. The largest absolute Gasteiger partial charge is 0.497 e. The summed E-state index contributed by atoms with van der Waals surface area (Å²) in [4.78, 5) is 8.79. The number of rotatable bonds is 4. The van der Waals surface area contributed by atoms with Gasteiger partial charge in [0.1, 0.15) is 11.3 Å². The highest BCUT2D eigenvalue weighted by atomic mass is 32.2. The van der Waals surface area contributed by atoms with Gasteiger partial charge in [-0.15, -0.1) is 10.2 Å². The standard InChI is InChI=1S/C17H15N5OS/c1-22-14-6-5-12(23-2)8-13(14)15-16(22)19-17(21-20-15)24-10-11-4-3-7-18-9-11/h3-9H,10H2,1-2H3. The Morgan fingerprint density at radius 1 is 1.21 bits per heavy atom. The smallest absolute Gasteiger partial charge is 0.211 e. The highest BCUT2D eigenvalue weighted by molar-refractivity contribution is 7.98. The molecule has 0 aliphatic heterocycles. The molecule has 4 rings (SSSR count). The van der Waals surface area contributed by atoms with E-state index in [1.165, 1.54) is 0 Å². The average Bonchev–Trinajstić information content (AvgIpc) is 2.92. The molecule has 0 aliphatic rings.